The largest absolute Gasteiger partial charge is 0.409 e. The summed E-state index contributed by atoms with van der Waals surface area (Å²) in [6, 6.07) is 6.12. The summed E-state index contributed by atoms with van der Waals surface area (Å²) in [4.78, 5) is 24.2. The highest BCUT2D eigenvalue weighted by molar-refractivity contribution is 6.28. The number of ketones is 1. The summed E-state index contributed by atoms with van der Waals surface area (Å²) in [5.74, 6) is 0.339. The lowest BCUT2D eigenvalue weighted by atomic mass is 9.89. The maximum atomic E-state index is 12.8. The SMILES string of the molecule is CC(=O)OC1=C(c2ccc(C)cc2C2CC2)C(=O)C(C)(C)N1. The predicted octanol–water partition coefficient (Wildman–Crippen LogP) is 3.06. The minimum atomic E-state index is -0.758. The van der Waals surface area contributed by atoms with E-state index in [1.165, 1.54) is 18.1 Å². The van der Waals surface area contributed by atoms with Crippen molar-refractivity contribution in [3.8, 4) is 0 Å². The first kappa shape index (κ1) is 14.8. The van der Waals surface area contributed by atoms with Crippen LogP contribution in [0, 0.1) is 6.92 Å². The Kier molecular flexibility index (Phi) is 3.35. The van der Waals surface area contributed by atoms with Crippen molar-refractivity contribution in [2.45, 2.75) is 52.0 Å². The quantitative estimate of drug-likeness (QED) is 0.872. The Morgan fingerprint density at radius 1 is 1.32 bits per heavy atom. The van der Waals surface area contributed by atoms with E-state index in [-0.39, 0.29) is 11.7 Å². The first-order chi connectivity index (χ1) is 10.3. The van der Waals surface area contributed by atoms with Gasteiger partial charge in [0.25, 0.3) is 0 Å². The number of hydrogen-bond acceptors (Lipinski definition) is 4. The van der Waals surface area contributed by atoms with Crippen LogP contribution in [0.1, 0.15) is 56.2 Å². The van der Waals surface area contributed by atoms with Crippen molar-refractivity contribution in [1.29, 1.82) is 0 Å². The van der Waals surface area contributed by atoms with Crippen molar-refractivity contribution in [3.05, 3.63) is 40.8 Å². The van der Waals surface area contributed by atoms with Crippen molar-refractivity contribution < 1.29 is 14.3 Å². The summed E-state index contributed by atoms with van der Waals surface area (Å²) in [5, 5.41) is 3.05. The summed E-state index contributed by atoms with van der Waals surface area (Å²) in [6.45, 7) is 7.00. The van der Waals surface area contributed by atoms with Gasteiger partial charge in [0.1, 0.15) is 0 Å². The molecule has 1 aromatic rings. The lowest BCUT2D eigenvalue weighted by Gasteiger charge is -2.17. The zero-order valence-corrected chi connectivity index (χ0v) is 13.4. The molecule has 0 saturated heterocycles. The molecule has 1 saturated carbocycles. The first-order valence-corrected chi connectivity index (χ1v) is 7.66. The fourth-order valence-electron chi connectivity index (χ4n) is 2.93. The highest BCUT2D eigenvalue weighted by atomic mass is 16.5. The van der Waals surface area contributed by atoms with E-state index >= 15 is 0 Å². The van der Waals surface area contributed by atoms with E-state index in [1.807, 2.05) is 12.1 Å². The molecule has 0 unspecified atom stereocenters. The first-order valence-electron chi connectivity index (χ1n) is 7.66. The third-order valence-corrected chi connectivity index (χ3v) is 4.19. The van der Waals surface area contributed by atoms with Crippen LogP contribution in [-0.4, -0.2) is 17.3 Å². The number of rotatable bonds is 3. The molecule has 1 fully saturated rings. The molecule has 116 valence electrons. The molecule has 22 heavy (non-hydrogen) atoms. The van der Waals surface area contributed by atoms with Gasteiger partial charge in [-0.3, -0.25) is 9.59 Å². The van der Waals surface area contributed by atoms with Crippen LogP contribution in [-0.2, 0) is 14.3 Å². The van der Waals surface area contributed by atoms with Gasteiger partial charge in [0.2, 0.25) is 5.88 Å². The number of carbonyl (C=O) groups excluding carboxylic acids is 2. The summed E-state index contributed by atoms with van der Waals surface area (Å²) >= 11 is 0. The van der Waals surface area contributed by atoms with Gasteiger partial charge in [-0.2, -0.15) is 0 Å². The Labute approximate surface area is 130 Å². The van der Waals surface area contributed by atoms with Crippen molar-refractivity contribution in [1.82, 2.24) is 5.32 Å². The van der Waals surface area contributed by atoms with Gasteiger partial charge in [-0.1, -0.05) is 23.8 Å². The average Bonchev–Trinajstić information content (AvgIpc) is 3.20. The van der Waals surface area contributed by atoms with Crippen molar-refractivity contribution in [3.63, 3.8) is 0 Å². The number of esters is 1. The van der Waals surface area contributed by atoms with Crippen LogP contribution in [0.3, 0.4) is 0 Å². The van der Waals surface area contributed by atoms with Crippen LogP contribution in [0.25, 0.3) is 5.57 Å². The normalized spacial score (nSPS) is 20.1. The second-order valence-electron chi connectivity index (χ2n) is 6.74. The van der Waals surface area contributed by atoms with Crippen LogP contribution >= 0.6 is 0 Å². The fourth-order valence-corrected chi connectivity index (χ4v) is 2.93. The molecule has 4 nitrogen and oxygen atoms in total. The van der Waals surface area contributed by atoms with E-state index in [1.54, 1.807) is 13.8 Å². The molecule has 1 aliphatic heterocycles. The summed E-state index contributed by atoms with van der Waals surface area (Å²) < 4.78 is 5.28. The number of hydrogen-bond donors (Lipinski definition) is 1. The van der Waals surface area contributed by atoms with E-state index in [9.17, 15) is 9.59 Å². The number of Topliss-reactive ketones (excluding diaryl/α,β-unsaturated/α-hetero) is 1. The molecule has 1 N–H and O–H groups in total. The molecule has 0 bridgehead atoms. The van der Waals surface area contributed by atoms with Gasteiger partial charge in [0, 0.05) is 6.92 Å². The predicted molar refractivity (Wildman–Crippen MR) is 84.1 cm³/mol. The highest BCUT2D eigenvalue weighted by Crippen LogP contribution is 2.45. The molecule has 3 rings (SSSR count). The highest BCUT2D eigenvalue weighted by Gasteiger charge is 2.43. The van der Waals surface area contributed by atoms with Crippen molar-refractivity contribution in [2.24, 2.45) is 0 Å². The maximum Gasteiger partial charge on any atom is 0.309 e. The molecular weight excluding hydrogens is 278 g/mol. The molecule has 1 aliphatic carbocycles. The summed E-state index contributed by atoms with van der Waals surface area (Å²) in [6.07, 6.45) is 2.30. The zero-order valence-electron chi connectivity index (χ0n) is 13.4. The lowest BCUT2D eigenvalue weighted by molar-refractivity contribution is -0.137. The minimum Gasteiger partial charge on any atom is -0.409 e. The number of ether oxygens (including phenoxy) is 1. The summed E-state index contributed by atoms with van der Waals surface area (Å²) in [7, 11) is 0. The zero-order chi connectivity index (χ0) is 16.1. The molecule has 1 heterocycles. The van der Waals surface area contributed by atoms with Crippen molar-refractivity contribution in [2.75, 3.05) is 0 Å². The minimum absolute atomic E-state index is 0.0329. The van der Waals surface area contributed by atoms with Gasteiger partial charge in [0.15, 0.2) is 5.78 Å². The molecule has 4 heteroatoms. The van der Waals surface area contributed by atoms with E-state index < -0.39 is 11.5 Å². The molecular formula is C18H21NO3. The second-order valence-corrected chi connectivity index (χ2v) is 6.74. The maximum absolute atomic E-state index is 12.8. The van der Waals surface area contributed by atoms with Gasteiger partial charge in [-0.25, -0.2) is 0 Å². The number of nitrogens with one attached hydrogen (secondary N) is 1. The lowest BCUT2D eigenvalue weighted by Crippen LogP contribution is -2.40. The Balaban J connectivity index is 2.14. The average molecular weight is 299 g/mol. The second kappa shape index (κ2) is 4.97. The molecule has 0 aromatic heterocycles. The van der Waals surface area contributed by atoms with E-state index in [2.05, 4.69) is 18.3 Å². The molecule has 0 radical (unpaired) electrons. The topological polar surface area (TPSA) is 55.4 Å². The van der Waals surface area contributed by atoms with E-state index in [0.29, 0.717) is 11.5 Å². The van der Waals surface area contributed by atoms with Gasteiger partial charge >= 0.3 is 5.97 Å². The molecule has 0 atom stereocenters. The standard InChI is InChI=1S/C18H21NO3/c1-10-5-8-13(14(9-10)12-6-7-12)15-16(21)18(3,4)19-17(15)22-11(2)20/h5,8-9,12,19H,6-7H2,1-4H3. The Bertz CT molecular complexity index is 696. The van der Waals surface area contributed by atoms with Gasteiger partial charge in [-0.15, -0.1) is 0 Å². The van der Waals surface area contributed by atoms with Gasteiger partial charge in [-0.05, 0) is 50.7 Å². The third-order valence-electron chi connectivity index (χ3n) is 4.19. The van der Waals surface area contributed by atoms with Crippen LogP contribution in [0.15, 0.2) is 24.1 Å². The van der Waals surface area contributed by atoms with Gasteiger partial charge < -0.3 is 10.1 Å². The molecule has 1 aromatic carbocycles. The number of benzene rings is 1. The Morgan fingerprint density at radius 3 is 2.59 bits per heavy atom. The number of carbonyl (C=O) groups is 2. The van der Waals surface area contributed by atoms with Gasteiger partial charge in [0.05, 0.1) is 11.1 Å². The van der Waals surface area contributed by atoms with Crippen molar-refractivity contribution >= 4 is 17.3 Å². The summed E-state index contributed by atoms with van der Waals surface area (Å²) in [5.41, 5.74) is 3.01. The Morgan fingerprint density at radius 2 is 2.00 bits per heavy atom. The van der Waals surface area contributed by atoms with Crippen LogP contribution in [0.2, 0.25) is 0 Å². The monoisotopic (exact) mass is 299 g/mol. The smallest absolute Gasteiger partial charge is 0.309 e. The fraction of sp³-hybridized carbons (Fsp3) is 0.444. The molecule has 0 spiro atoms. The van der Waals surface area contributed by atoms with Crippen LogP contribution in [0.5, 0.6) is 0 Å². The molecule has 2 aliphatic rings. The molecule has 0 amide bonds. The van der Waals surface area contributed by atoms with E-state index in [4.69, 9.17) is 4.74 Å². The van der Waals surface area contributed by atoms with E-state index in [0.717, 1.165) is 18.4 Å². The Hall–Kier alpha value is -2.10. The third kappa shape index (κ3) is 2.54. The van der Waals surface area contributed by atoms with Crippen LogP contribution in [0.4, 0.5) is 0 Å². The number of aryl methyl sites for hydroxylation is 1. The van der Waals surface area contributed by atoms with Crippen LogP contribution < -0.4 is 5.32 Å².